The molecule has 0 aliphatic carbocycles. The molecule has 0 saturated heterocycles. The van der Waals surface area contributed by atoms with Crippen LogP contribution in [0.1, 0.15) is 35.8 Å². The van der Waals surface area contributed by atoms with E-state index in [0.29, 0.717) is 6.54 Å². The number of aryl methyl sites for hydroxylation is 2. The predicted octanol–water partition coefficient (Wildman–Crippen LogP) is 4.49. The van der Waals surface area contributed by atoms with E-state index in [1.54, 1.807) is 0 Å². The van der Waals surface area contributed by atoms with E-state index in [1.165, 1.54) is 5.56 Å². The molecule has 0 fully saturated rings. The van der Waals surface area contributed by atoms with E-state index in [0.717, 1.165) is 28.2 Å². The normalized spacial score (nSPS) is 12.9. The molecule has 0 amide bonds. The van der Waals surface area contributed by atoms with Crippen molar-refractivity contribution in [3.8, 4) is 0 Å². The van der Waals surface area contributed by atoms with E-state index < -0.39 is 0 Å². The second-order valence-electron chi connectivity index (χ2n) is 5.22. The maximum absolute atomic E-state index is 5.80. The van der Waals surface area contributed by atoms with Crippen LogP contribution in [0, 0.1) is 13.8 Å². The highest BCUT2D eigenvalue weighted by molar-refractivity contribution is 5.77. The molecule has 1 atom stereocenters. The lowest BCUT2D eigenvalue weighted by Crippen LogP contribution is -2.17. The minimum atomic E-state index is 0.237. The Bertz CT molecular complexity index is 691. The Morgan fingerprint density at radius 2 is 1.90 bits per heavy atom. The van der Waals surface area contributed by atoms with Crippen LogP contribution in [0.5, 0.6) is 0 Å². The van der Waals surface area contributed by atoms with Crippen LogP contribution < -0.4 is 5.32 Å². The van der Waals surface area contributed by atoms with E-state index in [1.807, 2.05) is 32.0 Å². The van der Waals surface area contributed by atoms with Crippen LogP contribution >= 0.6 is 0 Å². The van der Waals surface area contributed by atoms with Crippen LogP contribution in [0.4, 0.5) is 0 Å². The van der Waals surface area contributed by atoms with Gasteiger partial charge in [0.15, 0.2) is 0 Å². The molecule has 1 aromatic carbocycles. The minimum Gasteiger partial charge on any atom is -0.466 e. The van der Waals surface area contributed by atoms with Crippen molar-refractivity contribution >= 4 is 11.0 Å². The molecule has 3 heteroatoms. The Morgan fingerprint density at radius 3 is 2.60 bits per heavy atom. The Balaban J connectivity index is 1.71. The smallest absolute Gasteiger partial charge is 0.134 e. The molecule has 104 valence electrons. The Hall–Kier alpha value is -2.00. The standard InChI is InChI=1S/C17H19NO2/c1-11-8-16(13(3)19-11)12(2)18-10-15-9-14-6-4-5-7-17(14)20-15/h4-9,12,18H,10H2,1-3H3. The Labute approximate surface area is 118 Å². The summed E-state index contributed by atoms with van der Waals surface area (Å²) < 4.78 is 11.4. The molecule has 2 heterocycles. The zero-order chi connectivity index (χ0) is 14.1. The van der Waals surface area contributed by atoms with Gasteiger partial charge in [-0.2, -0.15) is 0 Å². The molecule has 1 unspecified atom stereocenters. The van der Waals surface area contributed by atoms with Gasteiger partial charge in [0.25, 0.3) is 0 Å². The third kappa shape index (κ3) is 2.49. The summed E-state index contributed by atoms with van der Waals surface area (Å²) in [5.41, 5.74) is 2.14. The maximum Gasteiger partial charge on any atom is 0.134 e. The van der Waals surface area contributed by atoms with Gasteiger partial charge in [0.1, 0.15) is 22.9 Å². The third-order valence-corrected chi connectivity index (χ3v) is 3.60. The zero-order valence-corrected chi connectivity index (χ0v) is 12.1. The fraction of sp³-hybridized carbons (Fsp3) is 0.294. The van der Waals surface area contributed by atoms with Crippen LogP contribution in [0.3, 0.4) is 0 Å². The first-order valence-electron chi connectivity index (χ1n) is 6.91. The number of furan rings is 2. The minimum absolute atomic E-state index is 0.237. The highest BCUT2D eigenvalue weighted by Gasteiger charge is 2.13. The van der Waals surface area contributed by atoms with Gasteiger partial charge in [0, 0.05) is 17.0 Å². The van der Waals surface area contributed by atoms with Crippen LogP contribution in [0.15, 0.2) is 45.2 Å². The first-order chi connectivity index (χ1) is 9.63. The van der Waals surface area contributed by atoms with Gasteiger partial charge in [0.2, 0.25) is 0 Å². The molecule has 1 N–H and O–H groups in total. The summed E-state index contributed by atoms with van der Waals surface area (Å²) in [5.74, 6) is 2.89. The van der Waals surface area contributed by atoms with Gasteiger partial charge in [-0.1, -0.05) is 18.2 Å². The van der Waals surface area contributed by atoms with Crippen LogP contribution in [0.25, 0.3) is 11.0 Å². The second kappa shape index (κ2) is 5.17. The fourth-order valence-electron chi connectivity index (χ4n) is 2.57. The van der Waals surface area contributed by atoms with Crippen molar-refractivity contribution in [2.75, 3.05) is 0 Å². The van der Waals surface area contributed by atoms with Gasteiger partial charge in [-0.3, -0.25) is 0 Å². The van der Waals surface area contributed by atoms with Crippen molar-refractivity contribution in [3.05, 3.63) is 59.2 Å². The molecule has 3 rings (SSSR count). The monoisotopic (exact) mass is 269 g/mol. The maximum atomic E-state index is 5.80. The zero-order valence-electron chi connectivity index (χ0n) is 12.1. The summed E-state index contributed by atoms with van der Waals surface area (Å²) in [6, 6.07) is 12.5. The number of rotatable bonds is 4. The second-order valence-corrected chi connectivity index (χ2v) is 5.22. The first-order valence-corrected chi connectivity index (χ1v) is 6.91. The molecule has 0 spiro atoms. The number of hydrogen-bond acceptors (Lipinski definition) is 3. The van der Waals surface area contributed by atoms with Crippen molar-refractivity contribution in [1.29, 1.82) is 0 Å². The molecule has 3 aromatic rings. The highest BCUT2D eigenvalue weighted by atomic mass is 16.3. The number of hydrogen-bond donors (Lipinski definition) is 1. The predicted molar refractivity (Wildman–Crippen MR) is 79.7 cm³/mol. The Morgan fingerprint density at radius 1 is 1.10 bits per heavy atom. The molecular formula is C17H19NO2. The van der Waals surface area contributed by atoms with Gasteiger partial charge >= 0.3 is 0 Å². The van der Waals surface area contributed by atoms with E-state index in [4.69, 9.17) is 8.83 Å². The molecule has 0 aliphatic rings. The molecule has 0 saturated carbocycles. The molecule has 0 radical (unpaired) electrons. The first kappa shape index (κ1) is 13.0. The van der Waals surface area contributed by atoms with Crippen LogP contribution in [-0.2, 0) is 6.54 Å². The molecular weight excluding hydrogens is 250 g/mol. The van der Waals surface area contributed by atoms with Crippen LogP contribution in [-0.4, -0.2) is 0 Å². The van der Waals surface area contributed by atoms with Crippen molar-refractivity contribution in [2.24, 2.45) is 0 Å². The SMILES string of the molecule is Cc1cc(C(C)NCc2cc3ccccc3o2)c(C)o1. The number of nitrogens with one attached hydrogen (secondary N) is 1. The summed E-state index contributed by atoms with van der Waals surface area (Å²) in [4.78, 5) is 0. The topological polar surface area (TPSA) is 38.3 Å². The fourth-order valence-corrected chi connectivity index (χ4v) is 2.57. The van der Waals surface area contributed by atoms with Gasteiger partial charge in [-0.25, -0.2) is 0 Å². The molecule has 3 nitrogen and oxygen atoms in total. The van der Waals surface area contributed by atoms with E-state index in [2.05, 4.69) is 30.4 Å². The summed E-state index contributed by atoms with van der Waals surface area (Å²) in [6.07, 6.45) is 0. The van der Waals surface area contributed by atoms with E-state index >= 15 is 0 Å². The molecule has 0 bridgehead atoms. The molecule has 20 heavy (non-hydrogen) atoms. The van der Waals surface area contributed by atoms with Crippen LogP contribution in [0.2, 0.25) is 0 Å². The highest BCUT2D eigenvalue weighted by Crippen LogP contribution is 2.23. The van der Waals surface area contributed by atoms with Crippen molar-refractivity contribution in [1.82, 2.24) is 5.32 Å². The lowest BCUT2D eigenvalue weighted by atomic mass is 10.1. The Kier molecular flexibility index (Phi) is 3.36. The average molecular weight is 269 g/mol. The van der Waals surface area contributed by atoms with Crippen molar-refractivity contribution in [2.45, 2.75) is 33.4 Å². The van der Waals surface area contributed by atoms with Crippen molar-refractivity contribution < 1.29 is 8.83 Å². The van der Waals surface area contributed by atoms with Gasteiger partial charge in [0.05, 0.1) is 6.54 Å². The summed E-state index contributed by atoms with van der Waals surface area (Å²) in [5, 5.41) is 4.62. The van der Waals surface area contributed by atoms with E-state index in [-0.39, 0.29) is 6.04 Å². The third-order valence-electron chi connectivity index (χ3n) is 3.60. The van der Waals surface area contributed by atoms with Gasteiger partial charge in [-0.05, 0) is 39.0 Å². The van der Waals surface area contributed by atoms with E-state index in [9.17, 15) is 0 Å². The van der Waals surface area contributed by atoms with Gasteiger partial charge in [-0.15, -0.1) is 0 Å². The van der Waals surface area contributed by atoms with Gasteiger partial charge < -0.3 is 14.2 Å². The number of para-hydroxylation sites is 1. The lowest BCUT2D eigenvalue weighted by molar-refractivity contribution is 0.467. The molecule has 0 aliphatic heterocycles. The number of benzene rings is 1. The number of fused-ring (bicyclic) bond motifs is 1. The summed E-state index contributed by atoms with van der Waals surface area (Å²) >= 11 is 0. The van der Waals surface area contributed by atoms with Crippen molar-refractivity contribution in [3.63, 3.8) is 0 Å². The lowest BCUT2D eigenvalue weighted by Gasteiger charge is -2.11. The quantitative estimate of drug-likeness (QED) is 0.758. The summed E-state index contributed by atoms with van der Waals surface area (Å²) in [7, 11) is 0. The largest absolute Gasteiger partial charge is 0.466 e. The average Bonchev–Trinajstić information content (AvgIpc) is 2.98. The summed E-state index contributed by atoms with van der Waals surface area (Å²) in [6.45, 7) is 6.82. The molecule has 2 aromatic heterocycles.